The highest BCUT2D eigenvalue weighted by Gasteiger charge is 2.11. The third kappa shape index (κ3) is 4.57. The molecule has 2 aromatic carbocycles. The van der Waals surface area contributed by atoms with Gasteiger partial charge in [0, 0.05) is 16.3 Å². The van der Waals surface area contributed by atoms with E-state index in [1.807, 2.05) is 6.92 Å². The summed E-state index contributed by atoms with van der Waals surface area (Å²) in [7, 11) is 0. The number of aryl methyl sites for hydroxylation is 1. The van der Waals surface area contributed by atoms with E-state index in [0.29, 0.717) is 10.7 Å². The molecule has 0 aliphatic rings. The molecule has 0 heterocycles. The maximum absolute atomic E-state index is 11.8. The van der Waals surface area contributed by atoms with Crippen LogP contribution in [0.25, 0.3) is 0 Å². The molecule has 24 heavy (non-hydrogen) atoms. The van der Waals surface area contributed by atoms with Crippen molar-refractivity contribution in [2.24, 2.45) is 5.73 Å². The molecule has 6 nitrogen and oxygen atoms in total. The molecule has 124 valence electrons. The van der Waals surface area contributed by atoms with E-state index in [1.165, 1.54) is 24.3 Å². The average molecular weight is 347 g/mol. The van der Waals surface area contributed by atoms with Crippen molar-refractivity contribution < 1.29 is 19.1 Å². The van der Waals surface area contributed by atoms with Crippen LogP contribution < -0.4 is 11.1 Å². The number of hydrogen-bond donors (Lipinski definition) is 2. The van der Waals surface area contributed by atoms with Crippen LogP contribution in [-0.2, 0) is 9.53 Å². The number of anilines is 1. The molecule has 0 aliphatic carbocycles. The quantitative estimate of drug-likeness (QED) is 0.813. The smallest absolute Gasteiger partial charge is 0.338 e. The largest absolute Gasteiger partial charge is 0.452 e. The van der Waals surface area contributed by atoms with Gasteiger partial charge in [-0.05, 0) is 48.9 Å². The fourth-order valence-electron chi connectivity index (χ4n) is 1.85. The van der Waals surface area contributed by atoms with Crippen LogP contribution in [0.15, 0.2) is 42.5 Å². The number of benzene rings is 2. The highest BCUT2D eigenvalue weighted by atomic mass is 35.5. The second kappa shape index (κ2) is 7.61. The van der Waals surface area contributed by atoms with E-state index in [9.17, 15) is 14.4 Å². The molecule has 7 heteroatoms. The van der Waals surface area contributed by atoms with Crippen molar-refractivity contribution in [1.29, 1.82) is 0 Å². The van der Waals surface area contributed by atoms with E-state index in [0.717, 1.165) is 5.56 Å². The van der Waals surface area contributed by atoms with Crippen molar-refractivity contribution in [2.45, 2.75) is 6.92 Å². The van der Waals surface area contributed by atoms with Crippen molar-refractivity contribution in [1.82, 2.24) is 0 Å². The molecule has 2 aromatic rings. The molecular formula is C17H15ClN2O4. The van der Waals surface area contributed by atoms with E-state index < -0.39 is 24.4 Å². The average Bonchev–Trinajstić information content (AvgIpc) is 2.56. The molecule has 0 bridgehead atoms. The van der Waals surface area contributed by atoms with Crippen LogP contribution in [0.5, 0.6) is 0 Å². The fraction of sp³-hybridized carbons (Fsp3) is 0.118. The lowest BCUT2D eigenvalue weighted by molar-refractivity contribution is -0.119. The molecule has 2 amide bonds. The number of rotatable bonds is 5. The Balaban J connectivity index is 1.89. The minimum absolute atomic E-state index is 0.214. The molecule has 0 aliphatic heterocycles. The van der Waals surface area contributed by atoms with E-state index in [1.54, 1.807) is 18.2 Å². The number of nitrogens with two attached hydrogens (primary N) is 1. The summed E-state index contributed by atoms with van der Waals surface area (Å²) in [4.78, 5) is 34.6. The number of amides is 2. The Morgan fingerprint density at radius 3 is 2.29 bits per heavy atom. The maximum Gasteiger partial charge on any atom is 0.338 e. The molecule has 0 spiro atoms. The van der Waals surface area contributed by atoms with Gasteiger partial charge in [0.05, 0.1) is 5.56 Å². The fourth-order valence-corrected chi connectivity index (χ4v) is 2.03. The molecule has 0 fully saturated rings. The van der Waals surface area contributed by atoms with Gasteiger partial charge in [0.2, 0.25) is 5.91 Å². The number of carbonyl (C=O) groups excluding carboxylic acids is 3. The van der Waals surface area contributed by atoms with E-state index in [2.05, 4.69) is 5.32 Å². The molecule has 0 unspecified atom stereocenters. The van der Waals surface area contributed by atoms with Crippen LogP contribution in [0.2, 0.25) is 5.02 Å². The lowest BCUT2D eigenvalue weighted by Gasteiger charge is -2.08. The molecule has 0 saturated carbocycles. The van der Waals surface area contributed by atoms with Crippen molar-refractivity contribution in [3.05, 3.63) is 64.2 Å². The Bertz CT molecular complexity index is 788. The monoisotopic (exact) mass is 346 g/mol. The zero-order chi connectivity index (χ0) is 17.7. The highest BCUT2D eigenvalue weighted by Crippen LogP contribution is 2.19. The van der Waals surface area contributed by atoms with Crippen LogP contribution in [0.4, 0.5) is 5.69 Å². The Labute approximate surface area is 143 Å². The van der Waals surface area contributed by atoms with E-state index in [-0.39, 0.29) is 11.1 Å². The van der Waals surface area contributed by atoms with E-state index in [4.69, 9.17) is 22.1 Å². The summed E-state index contributed by atoms with van der Waals surface area (Å²) in [6, 6.07) is 10.7. The van der Waals surface area contributed by atoms with Crippen LogP contribution >= 0.6 is 11.6 Å². The zero-order valence-electron chi connectivity index (χ0n) is 12.8. The van der Waals surface area contributed by atoms with Crippen molar-refractivity contribution in [3.8, 4) is 0 Å². The van der Waals surface area contributed by atoms with Crippen LogP contribution in [0.3, 0.4) is 0 Å². The maximum atomic E-state index is 11.8. The molecule has 2 rings (SSSR count). The lowest BCUT2D eigenvalue weighted by atomic mass is 10.1. The molecule has 0 radical (unpaired) electrons. The topological polar surface area (TPSA) is 98.5 Å². The number of primary amides is 1. The van der Waals surface area contributed by atoms with Gasteiger partial charge < -0.3 is 15.8 Å². The summed E-state index contributed by atoms with van der Waals surface area (Å²) in [6.45, 7) is 1.40. The summed E-state index contributed by atoms with van der Waals surface area (Å²) in [5.41, 5.74) is 7.01. The SMILES string of the molecule is Cc1ccc(NC(=O)COC(=O)c2ccc(C(N)=O)cc2)cc1Cl. The van der Waals surface area contributed by atoms with Crippen molar-refractivity contribution in [2.75, 3.05) is 11.9 Å². The summed E-state index contributed by atoms with van der Waals surface area (Å²) < 4.78 is 4.92. The van der Waals surface area contributed by atoms with Crippen LogP contribution in [0, 0.1) is 6.92 Å². The molecule has 0 atom stereocenters. The Morgan fingerprint density at radius 1 is 1.08 bits per heavy atom. The summed E-state index contributed by atoms with van der Waals surface area (Å²) in [6.07, 6.45) is 0. The van der Waals surface area contributed by atoms with Gasteiger partial charge in [-0.25, -0.2) is 4.79 Å². The van der Waals surface area contributed by atoms with Crippen molar-refractivity contribution >= 4 is 35.1 Å². The minimum Gasteiger partial charge on any atom is -0.452 e. The first-order chi connectivity index (χ1) is 11.4. The number of hydrogen-bond acceptors (Lipinski definition) is 4. The standard InChI is InChI=1S/C17H15ClN2O4/c1-10-2-7-13(8-14(10)18)20-15(21)9-24-17(23)12-5-3-11(4-6-12)16(19)22/h2-8H,9H2,1H3,(H2,19,22)(H,20,21). The first-order valence-corrected chi connectivity index (χ1v) is 7.37. The first-order valence-electron chi connectivity index (χ1n) is 7.00. The summed E-state index contributed by atoms with van der Waals surface area (Å²) in [5, 5.41) is 3.11. The van der Waals surface area contributed by atoms with Gasteiger partial charge in [-0.2, -0.15) is 0 Å². The number of carbonyl (C=O) groups is 3. The predicted molar refractivity (Wildman–Crippen MR) is 90.1 cm³/mol. The summed E-state index contributed by atoms with van der Waals surface area (Å²) in [5.74, 6) is -1.76. The van der Waals surface area contributed by atoms with E-state index >= 15 is 0 Å². The van der Waals surface area contributed by atoms with Gasteiger partial charge in [-0.15, -0.1) is 0 Å². The first kappa shape index (κ1) is 17.5. The second-order valence-corrected chi connectivity index (χ2v) is 5.44. The highest BCUT2D eigenvalue weighted by molar-refractivity contribution is 6.31. The van der Waals surface area contributed by atoms with Gasteiger partial charge in [-0.3, -0.25) is 9.59 Å². The zero-order valence-corrected chi connectivity index (χ0v) is 13.6. The number of nitrogens with one attached hydrogen (secondary N) is 1. The number of ether oxygens (including phenoxy) is 1. The lowest BCUT2D eigenvalue weighted by Crippen LogP contribution is -2.21. The van der Waals surface area contributed by atoms with Gasteiger partial charge in [0.25, 0.3) is 5.91 Å². The molecule has 0 aromatic heterocycles. The van der Waals surface area contributed by atoms with Crippen LogP contribution in [0.1, 0.15) is 26.3 Å². The molecular weight excluding hydrogens is 332 g/mol. The third-order valence-corrected chi connectivity index (χ3v) is 3.60. The van der Waals surface area contributed by atoms with Gasteiger partial charge in [-0.1, -0.05) is 17.7 Å². The van der Waals surface area contributed by atoms with Gasteiger partial charge in [0.15, 0.2) is 6.61 Å². The minimum atomic E-state index is -0.678. The van der Waals surface area contributed by atoms with Gasteiger partial charge in [0.1, 0.15) is 0 Å². The van der Waals surface area contributed by atoms with Crippen LogP contribution in [-0.4, -0.2) is 24.4 Å². The molecule has 0 saturated heterocycles. The van der Waals surface area contributed by atoms with Crippen molar-refractivity contribution in [3.63, 3.8) is 0 Å². The normalized spacial score (nSPS) is 10.1. The predicted octanol–water partition coefficient (Wildman–Crippen LogP) is 2.54. The molecule has 3 N–H and O–H groups in total. The Hall–Kier alpha value is -2.86. The number of esters is 1. The number of halogens is 1. The third-order valence-electron chi connectivity index (χ3n) is 3.20. The van der Waals surface area contributed by atoms with Gasteiger partial charge >= 0.3 is 5.97 Å². The Morgan fingerprint density at radius 2 is 1.71 bits per heavy atom. The summed E-state index contributed by atoms with van der Waals surface area (Å²) >= 11 is 5.97. The second-order valence-electron chi connectivity index (χ2n) is 5.03. The Kier molecular flexibility index (Phi) is 5.55.